The zero-order valence-electron chi connectivity index (χ0n) is 11.1. The molecule has 114 valence electrons. The van der Waals surface area contributed by atoms with E-state index in [1.165, 1.54) is 10.6 Å². The van der Waals surface area contributed by atoms with Gasteiger partial charge in [0.1, 0.15) is 0 Å². The number of aliphatic imine (C=N–C) groups is 1. The van der Waals surface area contributed by atoms with E-state index in [2.05, 4.69) is 15.3 Å². The molecule has 2 heterocycles. The van der Waals surface area contributed by atoms with Gasteiger partial charge < -0.3 is 10.3 Å². The Morgan fingerprint density at radius 3 is 2.90 bits per heavy atom. The van der Waals surface area contributed by atoms with Crippen LogP contribution in [0, 0.1) is 0 Å². The average molecular weight is 349 g/mol. The molecular weight excluding hydrogens is 335 g/mol. The summed E-state index contributed by atoms with van der Waals surface area (Å²) in [7, 11) is -3.30. The van der Waals surface area contributed by atoms with Gasteiger partial charge in [-0.05, 0) is 18.2 Å². The number of nitrogens with one attached hydrogen (secondary N) is 2. The van der Waals surface area contributed by atoms with Gasteiger partial charge in [0, 0.05) is 22.8 Å². The SMILES string of the molecule is CS(=O)(=O)N1CCN=C1Nc1ccc2c(Cl)c[nH]c2c1.Cl. The minimum absolute atomic E-state index is 0. The number of H-pyrrole nitrogens is 1. The molecule has 0 spiro atoms. The molecule has 0 saturated carbocycles. The van der Waals surface area contributed by atoms with Gasteiger partial charge in [0.05, 0.1) is 24.4 Å². The highest BCUT2D eigenvalue weighted by molar-refractivity contribution is 7.88. The molecule has 0 fully saturated rings. The quantitative estimate of drug-likeness (QED) is 0.873. The fourth-order valence-corrected chi connectivity index (χ4v) is 3.20. The largest absolute Gasteiger partial charge is 0.360 e. The van der Waals surface area contributed by atoms with Crippen LogP contribution in [0.2, 0.25) is 5.02 Å². The molecular formula is C12H14Cl2N4O2S. The molecule has 1 aromatic heterocycles. The van der Waals surface area contributed by atoms with Crippen molar-refractivity contribution in [2.45, 2.75) is 0 Å². The Morgan fingerprint density at radius 2 is 2.19 bits per heavy atom. The lowest BCUT2D eigenvalue weighted by Crippen LogP contribution is -2.37. The highest BCUT2D eigenvalue weighted by Crippen LogP contribution is 2.25. The van der Waals surface area contributed by atoms with Crippen LogP contribution in [-0.4, -0.2) is 43.0 Å². The van der Waals surface area contributed by atoms with Gasteiger partial charge >= 0.3 is 0 Å². The standard InChI is InChI=1S/C12H13ClN4O2S.ClH/c1-20(18,19)17-5-4-14-12(17)16-8-2-3-9-10(13)7-15-11(9)6-8;/h2-3,6-7,15H,4-5H2,1H3,(H,14,16);1H. The lowest BCUT2D eigenvalue weighted by atomic mass is 10.2. The molecule has 0 atom stereocenters. The van der Waals surface area contributed by atoms with Crippen LogP contribution in [0.1, 0.15) is 0 Å². The van der Waals surface area contributed by atoms with Crippen LogP contribution in [0.4, 0.5) is 5.69 Å². The Kier molecular flexibility index (Phi) is 4.36. The van der Waals surface area contributed by atoms with Crippen LogP contribution in [0.25, 0.3) is 10.9 Å². The van der Waals surface area contributed by atoms with E-state index >= 15 is 0 Å². The average Bonchev–Trinajstić information content (AvgIpc) is 2.96. The van der Waals surface area contributed by atoms with Gasteiger partial charge in [-0.1, -0.05) is 11.6 Å². The Hall–Kier alpha value is -1.44. The highest BCUT2D eigenvalue weighted by Gasteiger charge is 2.25. The zero-order valence-corrected chi connectivity index (χ0v) is 13.5. The van der Waals surface area contributed by atoms with E-state index in [9.17, 15) is 8.42 Å². The maximum Gasteiger partial charge on any atom is 0.234 e. The van der Waals surface area contributed by atoms with Crippen molar-refractivity contribution >= 4 is 56.6 Å². The van der Waals surface area contributed by atoms with Gasteiger partial charge in [-0.15, -0.1) is 12.4 Å². The molecule has 2 aromatic rings. The summed E-state index contributed by atoms with van der Waals surface area (Å²) in [6, 6.07) is 5.57. The summed E-state index contributed by atoms with van der Waals surface area (Å²) in [5, 5.41) is 4.61. The van der Waals surface area contributed by atoms with Crippen molar-refractivity contribution in [2.24, 2.45) is 4.99 Å². The van der Waals surface area contributed by atoms with Crippen molar-refractivity contribution in [1.82, 2.24) is 9.29 Å². The molecule has 1 aliphatic rings. The number of rotatable bonds is 2. The molecule has 0 bridgehead atoms. The van der Waals surface area contributed by atoms with Crippen LogP contribution in [-0.2, 0) is 10.0 Å². The number of halogens is 2. The summed E-state index contributed by atoms with van der Waals surface area (Å²) < 4.78 is 24.5. The molecule has 1 aromatic carbocycles. The van der Waals surface area contributed by atoms with E-state index in [1.54, 1.807) is 6.20 Å². The molecule has 3 rings (SSSR count). The predicted molar refractivity (Wildman–Crippen MR) is 88.0 cm³/mol. The molecule has 0 radical (unpaired) electrons. The molecule has 0 amide bonds. The Morgan fingerprint density at radius 1 is 1.43 bits per heavy atom. The van der Waals surface area contributed by atoms with Crippen molar-refractivity contribution < 1.29 is 8.42 Å². The van der Waals surface area contributed by atoms with E-state index in [0.717, 1.165) is 16.6 Å². The number of hydrogen-bond acceptors (Lipinski definition) is 4. The number of aromatic amines is 1. The molecule has 9 heteroatoms. The first-order chi connectivity index (χ1) is 9.45. The van der Waals surface area contributed by atoms with Gasteiger partial charge in [0.25, 0.3) is 0 Å². The third-order valence-electron chi connectivity index (χ3n) is 3.09. The smallest absolute Gasteiger partial charge is 0.234 e. The number of anilines is 1. The van der Waals surface area contributed by atoms with E-state index in [-0.39, 0.29) is 12.4 Å². The summed E-state index contributed by atoms with van der Waals surface area (Å²) in [6.07, 6.45) is 2.88. The topological polar surface area (TPSA) is 77.6 Å². The highest BCUT2D eigenvalue weighted by atomic mass is 35.5. The van der Waals surface area contributed by atoms with Gasteiger partial charge in [-0.25, -0.2) is 12.7 Å². The third-order valence-corrected chi connectivity index (χ3v) is 4.56. The number of benzene rings is 1. The second-order valence-electron chi connectivity index (χ2n) is 4.56. The molecule has 0 saturated heterocycles. The first kappa shape index (κ1) is 15.9. The fraction of sp³-hybridized carbons (Fsp3) is 0.250. The van der Waals surface area contributed by atoms with Crippen LogP contribution in [0.5, 0.6) is 0 Å². The minimum atomic E-state index is -3.30. The number of guanidine groups is 1. The Bertz CT molecular complexity index is 801. The van der Waals surface area contributed by atoms with E-state index in [0.29, 0.717) is 24.1 Å². The maximum atomic E-state index is 11.6. The maximum absolute atomic E-state index is 11.6. The third kappa shape index (κ3) is 3.09. The second-order valence-corrected chi connectivity index (χ2v) is 6.88. The van der Waals surface area contributed by atoms with Gasteiger partial charge in [-0.3, -0.25) is 4.99 Å². The summed E-state index contributed by atoms with van der Waals surface area (Å²) in [5.41, 5.74) is 1.63. The summed E-state index contributed by atoms with van der Waals surface area (Å²) >= 11 is 6.02. The van der Waals surface area contributed by atoms with Crippen molar-refractivity contribution in [1.29, 1.82) is 0 Å². The van der Waals surface area contributed by atoms with E-state index in [4.69, 9.17) is 11.6 Å². The fourth-order valence-electron chi connectivity index (χ4n) is 2.15. The lowest BCUT2D eigenvalue weighted by Gasteiger charge is -2.18. The molecule has 21 heavy (non-hydrogen) atoms. The van der Waals surface area contributed by atoms with Crippen molar-refractivity contribution in [3.8, 4) is 0 Å². The molecule has 1 aliphatic heterocycles. The number of hydrogen-bond donors (Lipinski definition) is 2. The van der Waals surface area contributed by atoms with Gasteiger partial charge in [0.15, 0.2) is 0 Å². The van der Waals surface area contributed by atoms with Crippen LogP contribution in [0.15, 0.2) is 29.4 Å². The number of sulfonamides is 1. The molecule has 0 aliphatic carbocycles. The summed E-state index contributed by atoms with van der Waals surface area (Å²) in [6.45, 7) is 0.837. The predicted octanol–water partition coefficient (Wildman–Crippen LogP) is 2.29. The minimum Gasteiger partial charge on any atom is -0.360 e. The Labute approximate surface area is 133 Å². The van der Waals surface area contributed by atoms with E-state index in [1.807, 2.05) is 18.2 Å². The van der Waals surface area contributed by atoms with Crippen LogP contribution >= 0.6 is 24.0 Å². The lowest BCUT2D eigenvalue weighted by molar-refractivity contribution is 0.544. The normalized spacial score (nSPS) is 15.0. The summed E-state index contributed by atoms with van der Waals surface area (Å²) in [4.78, 5) is 7.23. The zero-order chi connectivity index (χ0) is 14.3. The monoisotopic (exact) mass is 348 g/mol. The van der Waals surface area contributed by atoms with Gasteiger partial charge in [0.2, 0.25) is 16.0 Å². The molecule has 6 nitrogen and oxygen atoms in total. The molecule has 2 N–H and O–H groups in total. The van der Waals surface area contributed by atoms with Crippen LogP contribution in [0.3, 0.4) is 0 Å². The molecule has 0 unspecified atom stereocenters. The number of nitrogens with zero attached hydrogens (tertiary/aromatic N) is 2. The Balaban J connectivity index is 0.00000161. The number of aromatic nitrogens is 1. The first-order valence-electron chi connectivity index (χ1n) is 6.01. The van der Waals surface area contributed by atoms with Crippen molar-refractivity contribution in [3.63, 3.8) is 0 Å². The van der Waals surface area contributed by atoms with Gasteiger partial charge in [-0.2, -0.15) is 0 Å². The number of fused-ring (bicyclic) bond motifs is 1. The van der Waals surface area contributed by atoms with Crippen LogP contribution < -0.4 is 5.32 Å². The van der Waals surface area contributed by atoms with E-state index < -0.39 is 10.0 Å². The second kappa shape index (κ2) is 5.75. The first-order valence-corrected chi connectivity index (χ1v) is 8.23. The van der Waals surface area contributed by atoms with Crippen molar-refractivity contribution in [3.05, 3.63) is 29.4 Å². The summed E-state index contributed by atoms with van der Waals surface area (Å²) in [5.74, 6) is 0.351. The van der Waals surface area contributed by atoms with Crippen molar-refractivity contribution in [2.75, 3.05) is 24.7 Å².